The summed E-state index contributed by atoms with van der Waals surface area (Å²) < 4.78 is 48.4. The lowest BCUT2D eigenvalue weighted by Crippen LogP contribution is -2.52. The molecule has 1 saturated heterocycles. The van der Waals surface area contributed by atoms with Gasteiger partial charge in [0.25, 0.3) is 0 Å². The van der Waals surface area contributed by atoms with Crippen molar-refractivity contribution in [3.05, 3.63) is 72.8 Å². The van der Waals surface area contributed by atoms with Gasteiger partial charge in [0, 0.05) is 13.0 Å². The van der Waals surface area contributed by atoms with E-state index in [1.54, 1.807) is 38.4 Å². The van der Waals surface area contributed by atoms with Crippen molar-refractivity contribution >= 4 is 20.2 Å². The molecule has 12 heteroatoms. The fourth-order valence-electron chi connectivity index (χ4n) is 7.72. The Balaban J connectivity index is 1.60. The topological polar surface area (TPSA) is 111 Å². The first-order valence-electron chi connectivity index (χ1n) is 21.3. The molecule has 2 aromatic carbocycles. The highest BCUT2D eigenvalue weighted by atomic mass is 28.4. The van der Waals surface area contributed by atoms with E-state index in [1.165, 1.54) is 0 Å². The van der Waals surface area contributed by atoms with Gasteiger partial charge in [-0.3, -0.25) is 4.79 Å². The Kier molecular flexibility index (Phi) is 18.8. The first-order chi connectivity index (χ1) is 28.3. The average Bonchev–Trinajstić information content (AvgIpc) is 3.22. The normalized spacial score (nSPS) is 18.0. The third-order valence-corrected chi connectivity index (χ3v) is 16.5. The van der Waals surface area contributed by atoms with E-state index >= 15 is 4.79 Å². The number of hydrogen-bond acceptors (Lipinski definition) is 10. The zero-order chi connectivity index (χ0) is 43.0. The van der Waals surface area contributed by atoms with Crippen molar-refractivity contribution < 1.29 is 47.2 Å². The summed E-state index contributed by atoms with van der Waals surface area (Å²) in [5, 5.41) is -0.0188. The Morgan fingerprint density at radius 2 is 1.51 bits per heavy atom. The van der Waals surface area contributed by atoms with Crippen molar-refractivity contribution in [1.82, 2.24) is 4.90 Å². The summed E-state index contributed by atoms with van der Waals surface area (Å²) >= 11 is 0. The zero-order valence-electron chi connectivity index (χ0n) is 37.1. The quantitative estimate of drug-likeness (QED) is 0.0465. The molecule has 4 rings (SSSR count). The molecule has 1 aliphatic heterocycles. The largest absolute Gasteiger partial charge is 0.497 e. The molecule has 1 amide bonds. The van der Waals surface area contributed by atoms with Crippen molar-refractivity contribution in [2.24, 2.45) is 5.92 Å². The molecule has 1 aliphatic carbocycles. The number of esters is 1. The summed E-state index contributed by atoms with van der Waals surface area (Å²) in [5.74, 6) is 1.18. The van der Waals surface area contributed by atoms with Gasteiger partial charge in [-0.05, 0) is 91.5 Å². The number of benzene rings is 2. The molecule has 11 nitrogen and oxygen atoms in total. The minimum Gasteiger partial charge on any atom is -0.497 e. The van der Waals surface area contributed by atoms with Crippen LogP contribution < -0.4 is 18.9 Å². The van der Waals surface area contributed by atoms with Crippen LogP contribution in [0.5, 0.6) is 23.0 Å². The van der Waals surface area contributed by atoms with Gasteiger partial charge in [0.1, 0.15) is 30.6 Å². The van der Waals surface area contributed by atoms with Crippen LogP contribution in [-0.4, -0.2) is 97.6 Å². The van der Waals surface area contributed by atoms with E-state index in [2.05, 4.69) is 47.0 Å². The summed E-state index contributed by atoms with van der Waals surface area (Å²) in [4.78, 5) is 31.0. The monoisotopic (exact) mass is 837 g/mol. The number of methoxy groups -OCH3 is 3. The second-order valence-electron chi connectivity index (χ2n) is 17.3. The molecule has 1 heterocycles. The molecule has 0 N–H and O–H groups in total. The lowest BCUT2D eigenvalue weighted by Gasteiger charge is -2.40. The number of rotatable bonds is 23. The number of nitrogens with zero attached hydrogens (tertiary/aromatic N) is 1. The molecule has 59 heavy (non-hydrogen) atoms. The summed E-state index contributed by atoms with van der Waals surface area (Å²) in [6.45, 7) is 20.6. The standard InChI is InChI=1S/C47H71NO10Si/c1-11-18-38(31-55-30-34-22-24-37(51-6)25-23-34)57-46(50)40-21-16-17-26-48(40)45(49)43(35-19-14-13-15-20-35)36-28-41(52-7)44(53-8)42(29-36)56-33-39(32-54-27-12-2)58-59(9,10)47(3,4)5/h11-12,22-25,28-29,35,38-40,43H,1-2,13-21,26-27,30-33H2,3-10H3/t38-,39-,40-,43-/m0/s1. The van der Waals surface area contributed by atoms with Gasteiger partial charge in [-0.1, -0.05) is 64.3 Å². The van der Waals surface area contributed by atoms with Gasteiger partial charge < -0.3 is 42.5 Å². The Bertz CT molecular complexity index is 1630. The van der Waals surface area contributed by atoms with Crippen molar-refractivity contribution in [3.63, 3.8) is 0 Å². The molecule has 4 atom stereocenters. The summed E-state index contributed by atoms with van der Waals surface area (Å²) in [6.07, 6.45) is 10.1. The number of carbonyl (C=O) groups is 2. The van der Waals surface area contributed by atoms with Crippen LogP contribution in [-0.2, 0) is 34.8 Å². The number of likely N-dealkylation sites (tertiary alicyclic amines) is 1. The zero-order valence-corrected chi connectivity index (χ0v) is 38.1. The number of ether oxygens (including phenoxy) is 7. The van der Waals surface area contributed by atoms with Crippen LogP contribution in [0.4, 0.5) is 0 Å². The highest BCUT2D eigenvalue weighted by Gasteiger charge is 2.42. The van der Waals surface area contributed by atoms with E-state index in [0.29, 0.717) is 56.5 Å². The van der Waals surface area contributed by atoms with Crippen molar-refractivity contribution in [1.29, 1.82) is 0 Å². The molecule has 2 fully saturated rings. The Morgan fingerprint density at radius 3 is 2.14 bits per heavy atom. The van der Waals surface area contributed by atoms with Gasteiger partial charge >= 0.3 is 5.97 Å². The van der Waals surface area contributed by atoms with Gasteiger partial charge in [-0.2, -0.15) is 0 Å². The van der Waals surface area contributed by atoms with Crippen LogP contribution in [0.25, 0.3) is 0 Å². The second-order valence-corrected chi connectivity index (χ2v) is 22.0. The molecule has 328 valence electrons. The lowest BCUT2D eigenvalue weighted by atomic mass is 9.75. The third-order valence-electron chi connectivity index (χ3n) is 11.9. The summed E-state index contributed by atoms with van der Waals surface area (Å²) in [6, 6.07) is 10.8. The van der Waals surface area contributed by atoms with Gasteiger partial charge in [-0.25, -0.2) is 4.79 Å². The fourth-order valence-corrected chi connectivity index (χ4v) is 9.05. The van der Waals surface area contributed by atoms with E-state index in [4.69, 9.17) is 37.6 Å². The molecule has 2 aliphatic rings. The fraction of sp³-hybridized carbons (Fsp3) is 0.617. The predicted octanol–water partition coefficient (Wildman–Crippen LogP) is 9.43. The van der Waals surface area contributed by atoms with E-state index in [9.17, 15) is 4.79 Å². The Hall–Kier alpha value is -3.84. The first kappa shape index (κ1) is 47.8. The van der Waals surface area contributed by atoms with Crippen molar-refractivity contribution in [2.45, 2.75) is 127 Å². The average molecular weight is 838 g/mol. The SMILES string of the molecule is C=CCOC[C@@H](COc1cc([C@@H](C(=O)N2CCCC[C@H]2C(=O)O[C@@H](CC=C)COCc2ccc(OC)cc2)C2CCCCC2)cc(OC)c1OC)O[Si](C)(C)C(C)(C)C. The van der Waals surface area contributed by atoms with Crippen molar-refractivity contribution in [2.75, 3.05) is 54.3 Å². The molecule has 0 radical (unpaired) electrons. The van der Waals surface area contributed by atoms with Crippen LogP contribution in [0.3, 0.4) is 0 Å². The number of amides is 1. The van der Waals surface area contributed by atoms with E-state index in [-0.39, 0.29) is 36.2 Å². The van der Waals surface area contributed by atoms with Gasteiger partial charge in [-0.15, -0.1) is 13.2 Å². The molecule has 0 aromatic heterocycles. The van der Waals surface area contributed by atoms with Crippen LogP contribution >= 0.6 is 0 Å². The van der Waals surface area contributed by atoms with E-state index < -0.39 is 32.4 Å². The van der Waals surface area contributed by atoms with Crippen LogP contribution in [0.15, 0.2) is 61.7 Å². The molecular weight excluding hydrogens is 767 g/mol. The molecule has 2 aromatic rings. The number of hydrogen-bond donors (Lipinski definition) is 0. The van der Waals surface area contributed by atoms with Crippen molar-refractivity contribution in [3.8, 4) is 23.0 Å². The highest BCUT2D eigenvalue weighted by molar-refractivity contribution is 6.74. The molecule has 0 spiro atoms. The lowest BCUT2D eigenvalue weighted by molar-refractivity contribution is -0.164. The maximum atomic E-state index is 15.1. The van der Waals surface area contributed by atoms with Gasteiger partial charge in [0.2, 0.25) is 11.7 Å². The number of piperidine rings is 1. The minimum atomic E-state index is -2.19. The van der Waals surface area contributed by atoms with Crippen LogP contribution in [0.2, 0.25) is 18.1 Å². The van der Waals surface area contributed by atoms with Gasteiger partial charge in [0.05, 0.1) is 53.7 Å². The van der Waals surface area contributed by atoms with Crippen LogP contribution in [0.1, 0.15) is 95.6 Å². The summed E-state index contributed by atoms with van der Waals surface area (Å²) in [5.41, 5.74) is 1.75. The predicted molar refractivity (Wildman–Crippen MR) is 234 cm³/mol. The van der Waals surface area contributed by atoms with E-state index in [0.717, 1.165) is 61.8 Å². The van der Waals surface area contributed by atoms with Crippen LogP contribution in [0, 0.1) is 5.92 Å². The molecule has 0 bridgehead atoms. The Labute approximate surface area is 354 Å². The second kappa shape index (κ2) is 23.2. The number of carbonyl (C=O) groups excluding carboxylic acids is 2. The Morgan fingerprint density at radius 1 is 0.831 bits per heavy atom. The maximum Gasteiger partial charge on any atom is 0.329 e. The highest BCUT2D eigenvalue weighted by Crippen LogP contribution is 2.45. The molecule has 1 saturated carbocycles. The minimum absolute atomic E-state index is 0.0188. The third kappa shape index (κ3) is 13.6. The first-order valence-corrected chi connectivity index (χ1v) is 24.2. The maximum absolute atomic E-state index is 15.1. The van der Waals surface area contributed by atoms with Gasteiger partial charge in [0.15, 0.2) is 19.8 Å². The smallest absolute Gasteiger partial charge is 0.329 e. The summed E-state index contributed by atoms with van der Waals surface area (Å²) in [7, 11) is 2.61. The van der Waals surface area contributed by atoms with E-state index in [1.807, 2.05) is 36.4 Å². The molecule has 0 unspecified atom stereocenters. The molecular formula is C47H71NO10Si.